The maximum Gasteiger partial charge on any atom is 0.168 e. The number of likely N-dealkylation sites (N-methyl/N-ethyl adjacent to an activating group) is 1. The zero-order valence-electron chi connectivity index (χ0n) is 12.4. The van der Waals surface area contributed by atoms with E-state index in [4.69, 9.17) is 4.74 Å². The van der Waals surface area contributed by atoms with Gasteiger partial charge < -0.3 is 9.84 Å². The topological polar surface area (TPSA) is 32.7 Å². The molecule has 0 bridgehead atoms. The number of ether oxygens (including phenoxy) is 1. The molecule has 0 spiro atoms. The smallest absolute Gasteiger partial charge is 0.168 e. The van der Waals surface area contributed by atoms with E-state index in [1.165, 1.54) is 22.3 Å². The van der Waals surface area contributed by atoms with Crippen LogP contribution in [0.4, 0.5) is 0 Å². The predicted molar refractivity (Wildman–Crippen MR) is 82.9 cm³/mol. The van der Waals surface area contributed by atoms with E-state index in [9.17, 15) is 5.11 Å². The van der Waals surface area contributed by atoms with Crippen LogP contribution in [0.2, 0.25) is 0 Å². The number of nitrogens with zero attached hydrogens (tertiary/aromatic N) is 1. The van der Waals surface area contributed by atoms with Gasteiger partial charge in [-0.05, 0) is 48.2 Å². The molecule has 2 aliphatic rings. The van der Waals surface area contributed by atoms with Crippen molar-refractivity contribution in [2.24, 2.45) is 0 Å². The van der Waals surface area contributed by atoms with Crippen LogP contribution in [0.25, 0.3) is 11.1 Å². The molecule has 2 aromatic carbocycles. The molecule has 0 aromatic heterocycles. The number of benzene rings is 2. The van der Waals surface area contributed by atoms with E-state index in [0.29, 0.717) is 11.8 Å². The van der Waals surface area contributed by atoms with E-state index >= 15 is 0 Å². The van der Waals surface area contributed by atoms with Gasteiger partial charge in [-0.1, -0.05) is 24.3 Å². The Balaban J connectivity index is 2.10. The van der Waals surface area contributed by atoms with Gasteiger partial charge in [0.1, 0.15) is 0 Å². The van der Waals surface area contributed by atoms with Crippen molar-refractivity contribution in [1.29, 1.82) is 0 Å². The fourth-order valence-corrected chi connectivity index (χ4v) is 3.86. The van der Waals surface area contributed by atoms with Crippen molar-refractivity contribution in [3.8, 4) is 22.6 Å². The minimum absolute atomic E-state index is 0.256. The van der Waals surface area contributed by atoms with Gasteiger partial charge in [-0.2, -0.15) is 0 Å². The van der Waals surface area contributed by atoms with E-state index in [1.807, 2.05) is 6.07 Å². The van der Waals surface area contributed by atoms with Gasteiger partial charge in [0.2, 0.25) is 0 Å². The first-order valence-corrected chi connectivity index (χ1v) is 7.42. The van der Waals surface area contributed by atoms with Crippen LogP contribution in [-0.4, -0.2) is 30.7 Å². The summed E-state index contributed by atoms with van der Waals surface area (Å²) in [6.45, 7) is 1.03. The monoisotopic (exact) mass is 281 g/mol. The Labute approximate surface area is 124 Å². The van der Waals surface area contributed by atoms with Crippen LogP contribution >= 0.6 is 0 Å². The molecule has 4 rings (SSSR count). The summed E-state index contributed by atoms with van der Waals surface area (Å²) in [4.78, 5) is 2.41. The van der Waals surface area contributed by atoms with Crippen LogP contribution in [0.15, 0.2) is 30.3 Å². The Morgan fingerprint density at radius 3 is 2.86 bits per heavy atom. The molecule has 108 valence electrons. The maximum absolute atomic E-state index is 10.3. The highest BCUT2D eigenvalue weighted by Gasteiger charge is 2.35. The molecule has 2 aromatic rings. The third-order valence-electron chi connectivity index (χ3n) is 4.89. The summed E-state index contributed by atoms with van der Waals surface area (Å²) in [5.41, 5.74) is 6.23. The number of rotatable bonds is 1. The van der Waals surface area contributed by atoms with Crippen LogP contribution in [-0.2, 0) is 12.8 Å². The van der Waals surface area contributed by atoms with Gasteiger partial charge in [0.15, 0.2) is 11.5 Å². The standard InChI is InChI=1S/C18H19NO2/c1-19-8-7-12-10-15(20)18(21-2)17-13-6-4-3-5-11(13)9-14(19)16(12)17/h3-6,10,14,20H,7-9H2,1-2H3/t14-/m1/s1. The van der Waals surface area contributed by atoms with Gasteiger partial charge in [0, 0.05) is 18.2 Å². The average Bonchev–Trinajstić information content (AvgIpc) is 2.50. The van der Waals surface area contributed by atoms with Crippen LogP contribution in [0, 0.1) is 0 Å². The SMILES string of the molecule is COc1c(O)cc2c3c1-c1ccccc1C[C@H]3N(C)CC2. The molecule has 3 nitrogen and oxygen atoms in total. The van der Waals surface area contributed by atoms with Crippen molar-refractivity contribution in [1.82, 2.24) is 4.90 Å². The lowest BCUT2D eigenvalue weighted by Crippen LogP contribution is -2.35. The van der Waals surface area contributed by atoms with Crippen molar-refractivity contribution >= 4 is 0 Å². The predicted octanol–water partition coefficient (Wildman–Crippen LogP) is 3.15. The molecule has 0 saturated carbocycles. The summed E-state index contributed by atoms with van der Waals surface area (Å²) in [5, 5.41) is 10.3. The second-order valence-corrected chi connectivity index (χ2v) is 5.98. The quantitative estimate of drug-likeness (QED) is 0.871. The molecule has 1 aliphatic heterocycles. The minimum Gasteiger partial charge on any atom is -0.504 e. The molecular weight excluding hydrogens is 262 g/mol. The first-order valence-electron chi connectivity index (χ1n) is 7.42. The Hall–Kier alpha value is -2.00. The molecule has 0 fully saturated rings. The van der Waals surface area contributed by atoms with Crippen molar-refractivity contribution in [2.45, 2.75) is 18.9 Å². The second-order valence-electron chi connectivity index (χ2n) is 5.98. The molecule has 0 saturated heterocycles. The normalized spacial score (nSPS) is 19.8. The Bertz CT molecular complexity index is 723. The summed E-state index contributed by atoms with van der Waals surface area (Å²) >= 11 is 0. The van der Waals surface area contributed by atoms with Crippen molar-refractivity contribution < 1.29 is 9.84 Å². The zero-order valence-corrected chi connectivity index (χ0v) is 12.4. The lowest BCUT2D eigenvalue weighted by Gasteiger charge is -2.40. The molecule has 3 heteroatoms. The average molecular weight is 281 g/mol. The molecule has 0 amide bonds. The minimum atomic E-state index is 0.256. The fourth-order valence-electron chi connectivity index (χ4n) is 3.86. The van der Waals surface area contributed by atoms with Crippen LogP contribution in [0.1, 0.15) is 22.7 Å². The van der Waals surface area contributed by atoms with E-state index in [0.717, 1.165) is 24.9 Å². The Morgan fingerprint density at radius 2 is 2.05 bits per heavy atom. The fraction of sp³-hybridized carbons (Fsp3) is 0.333. The van der Waals surface area contributed by atoms with Crippen LogP contribution in [0.5, 0.6) is 11.5 Å². The number of fused-ring (bicyclic) bond motifs is 2. The van der Waals surface area contributed by atoms with Gasteiger partial charge in [-0.3, -0.25) is 4.90 Å². The van der Waals surface area contributed by atoms with Gasteiger partial charge in [0.25, 0.3) is 0 Å². The molecule has 1 atom stereocenters. The van der Waals surface area contributed by atoms with Crippen LogP contribution in [0.3, 0.4) is 0 Å². The van der Waals surface area contributed by atoms with Gasteiger partial charge in [0.05, 0.1) is 7.11 Å². The first-order chi connectivity index (χ1) is 10.2. The highest BCUT2D eigenvalue weighted by atomic mass is 16.5. The number of methoxy groups -OCH3 is 1. The van der Waals surface area contributed by atoms with Gasteiger partial charge in [-0.25, -0.2) is 0 Å². The number of aromatic hydroxyl groups is 1. The first kappa shape index (κ1) is 12.7. The van der Waals surface area contributed by atoms with Crippen molar-refractivity contribution in [3.05, 3.63) is 47.0 Å². The third-order valence-corrected chi connectivity index (χ3v) is 4.89. The maximum atomic E-state index is 10.3. The number of hydrogen-bond acceptors (Lipinski definition) is 3. The molecule has 1 aliphatic carbocycles. The number of phenols is 1. The van der Waals surface area contributed by atoms with E-state index < -0.39 is 0 Å². The summed E-state index contributed by atoms with van der Waals surface area (Å²) in [6.07, 6.45) is 2.01. The highest BCUT2D eigenvalue weighted by Crippen LogP contribution is 2.51. The van der Waals surface area contributed by atoms with Crippen molar-refractivity contribution in [2.75, 3.05) is 20.7 Å². The third kappa shape index (κ3) is 1.70. The summed E-state index contributed by atoms with van der Waals surface area (Å²) in [6, 6.07) is 10.7. The number of phenolic OH excluding ortho intramolecular Hbond substituents is 1. The molecule has 1 N–H and O–H groups in total. The Kier molecular flexibility index (Phi) is 2.73. The lowest BCUT2D eigenvalue weighted by molar-refractivity contribution is 0.227. The van der Waals surface area contributed by atoms with E-state index in [-0.39, 0.29) is 5.75 Å². The number of hydrogen-bond donors (Lipinski definition) is 1. The summed E-state index contributed by atoms with van der Waals surface area (Å²) in [7, 11) is 3.82. The lowest BCUT2D eigenvalue weighted by atomic mass is 9.76. The summed E-state index contributed by atoms with van der Waals surface area (Å²) in [5.74, 6) is 0.868. The molecule has 0 radical (unpaired) electrons. The van der Waals surface area contributed by atoms with E-state index in [2.05, 4.69) is 36.2 Å². The zero-order chi connectivity index (χ0) is 14.6. The summed E-state index contributed by atoms with van der Waals surface area (Å²) < 4.78 is 5.54. The van der Waals surface area contributed by atoms with Crippen molar-refractivity contribution in [3.63, 3.8) is 0 Å². The molecule has 1 heterocycles. The van der Waals surface area contributed by atoms with Gasteiger partial charge >= 0.3 is 0 Å². The molecular formula is C18H19NO2. The molecule has 0 unspecified atom stereocenters. The highest BCUT2D eigenvalue weighted by molar-refractivity contribution is 5.83. The largest absolute Gasteiger partial charge is 0.504 e. The van der Waals surface area contributed by atoms with E-state index in [1.54, 1.807) is 7.11 Å². The molecule has 21 heavy (non-hydrogen) atoms. The van der Waals surface area contributed by atoms with Crippen LogP contribution < -0.4 is 4.74 Å². The van der Waals surface area contributed by atoms with Gasteiger partial charge in [-0.15, -0.1) is 0 Å². The Morgan fingerprint density at radius 1 is 1.24 bits per heavy atom. The second kappa shape index (κ2) is 4.50.